The summed E-state index contributed by atoms with van der Waals surface area (Å²) in [6.45, 7) is 8.79. The summed E-state index contributed by atoms with van der Waals surface area (Å²) in [7, 11) is 3.56. The molecule has 2 aliphatic rings. The lowest BCUT2D eigenvalue weighted by Crippen LogP contribution is -2.50. The molecular weight excluding hydrogens is 520 g/mol. The van der Waals surface area contributed by atoms with Crippen LogP contribution in [-0.2, 0) is 16.6 Å². The number of hydrogen-bond donors (Lipinski definition) is 2. The van der Waals surface area contributed by atoms with Crippen molar-refractivity contribution in [3.63, 3.8) is 0 Å². The fourth-order valence-electron chi connectivity index (χ4n) is 5.54. The maximum atomic E-state index is 12.4. The van der Waals surface area contributed by atoms with Crippen molar-refractivity contribution in [2.75, 3.05) is 62.0 Å². The Balaban J connectivity index is 1.28. The second-order valence-electron chi connectivity index (χ2n) is 10.3. The highest BCUT2D eigenvalue weighted by atomic mass is 16.5. The zero-order chi connectivity index (χ0) is 28.3. The Hall–Kier alpha value is -4.48. The number of carbonyl (C=O) groups is 1. The van der Waals surface area contributed by atoms with Gasteiger partial charge in [-0.05, 0) is 24.6 Å². The number of aromatic nitrogens is 4. The summed E-state index contributed by atoms with van der Waals surface area (Å²) in [6, 6.07) is 12.3. The minimum Gasteiger partial charge on any atom is -0.494 e. The lowest BCUT2D eigenvalue weighted by Gasteiger charge is -2.39. The van der Waals surface area contributed by atoms with Crippen LogP contribution in [-0.4, -0.2) is 83.1 Å². The zero-order valence-electron chi connectivity index (χ0n) is 23.3. The van der Waals surface area contributed by atoms with Gasteiger partial charge in [0.15, 0.2) is 0 Å². The number of ether oxygens (including phenoxy) is 2. The maximum Gasteiger partial charge on any atom is 0.247 e. The summed E-state index contributed by atoms with van der Waals surface area (Å²) in [4.78, 5) is 26.1. The number of methoxy groups -OCH3 is 1. The summed E-state index contributed by atoms with van der Waals surface area (Å²) >= 11 is 0. The van der Waals surface area contributed by atoms with E-state index >= 15 is 0 Å². The van der Waals surface area contributed by atoms with E-state index in [1.165, 1.54) is 12.4 Å². The molecule has 2 fully saturated rings. The van der Waals surface area contributed by atoms with Crippen LogP contribution in [0.2, 0.25) is 0 Å². The van der Waals surface area contributed by atoms with E-state index in [0.29, 0.717) is 29.0 Å². The lowest BCUT2D eigenvalue weighted by atomic mass is 10.1. The number of rotatable bonds is 8. The number of benzene rings is 2. The molecule has 0 bridgehead atoms. The molecule has 0 radical (unpaired) electrons. The SMILES string of the molecule is C=CC(=O)Nc1cc(Nc2cc(-c3ccc4cnn(C)c4c3)ncn2)c(OC)cc1N1CCN(C2CCOC2)CC1. The van der Waals surface area contributed by atoms with Crippen LogP contribution in [0.5, 0.6) is 5.75 Å². The van der Waals surface area contributed by atoms with E-state index in [1.807, 2.05) is 48.3 Å². The maximum absolute atomic E-state index is 12.4. The molecule has 0 spiro atoms. The molecular formula is C30H34N8O3. The first kappa shape index (κ1) is 26.7. The van der Waals surface area contributed by atoms with E-state index in [9.17, 15) is 4.79 Å². The molecule has 0 aliphatic carbocycles. The molecule has 4 aromatic rings. The molecule has 1 atom stereocenters. The summed E-state index contributed by atoms with van der Waals surface area (Å²) in [5, 5.41) is 11.8. The normalized spacial score (nSPS) is 17.5. The van der Waals surface area contributed by atoms with Gasteiger partial charge >= 0.3 is 0 Å². The minimum atomic E-state index is -0.279. The van der Waals surface area contributed by atoms with Gasteiger partial charge in [-0.25, -0.2) is 9.97 Å². The van der Waals surface area contributed by atoms with Gasteiger partial charge in [0.05, 0.1) is 48.2 Å². The van der Waals surface area contributed by atoms with Crippen molar-refractivity contribution in [3.8, 4) is 17.0 Å². The number of piperazine rings is 1. The predicted molar refractivity (Wildman–Crippen MR) is 160 cm³/mol. The van der Waals surface area contributed by atoms with Crippen LogP contribution in [0, 0.1) is 0 Å². The van der Waals surface area contributed by atoms with Crippen LogP contribution in [0.1, 0.15) is 6.42 Å². The van der Waals surface area contributed by atoms with Gasteiger partial charge in [-0.3, -0.25) is 14.4 Å². The van der Waals surface area contributed by atoms with E-state index in [4.69, 9.17) is 9.47 Å². The van der Waals surface area contributed by atoms with Crippen LogP contribution in [0.25, 0.3) is 22.2 Å². The average molecular weight is 555 g/mol. The van der Waals surface area contributed by atoms with Gasteiger partial charge in [-0.15, -0.1) is 0 Å². The van der Waals surface area contributed by atoms with Gasteiger partial charge in [0.2, 0.25) is 5.91 Å². The Morgan fingerprint density at radius 2 is 1.98 bits per heavy atom. The highest BCUT2D eigenvalue weighted by Gasteiger charge is 2.28. The fourth-order valence-corrected chi connectivity index (χ4v) is 5.54. The summed E-state index contributed by atoms with van der Waals surface area (Å²) in [6.07, 6.45) is 5.73. The molecule has 2 saturated heterocycles. The smallest absolute Gasteiger partial charge is 0.247 e. The van der Waals surface area contributed by atoms with Crippen LogP contribution in [0.3, 0.4) is 0 Å². The first-order chi connectivity index (χ1) is 20.0. The average Bonchev–Trinajstić information content (AvgIpc) is 3.68. The molecule has 41 heavy (non-hydrogen) atoms. The number of hydrogen-bond acceptors (Lipinski definition) is 9. The number of aryl methyl sites for hydroxylation is 1. The first-order valence-corrected chi connectivity index (χ1v) is 13.8. The van der Waals surface area contributed by atoms with Crippen LogP contribution in [0.4, 0.5) is 22.9 Å². The summed E-state index contributed by atoms with van der Waals surface area (Å²) in [5.41, 5.74) is 4.99. The van der Waals surface area contributed by atoms with Gasteiger partial charge in [-0.1, -0.05) is 18.7 Å². The van der Waals surface area contributed by atoms with Crippen LogP contribution >= 0.6 is 0 Å². The van der Waals surface area contributed by atoms with Crippen molar-refractivity contribution in [3.05, 3.63) is 61.6 Å². The van der Waals surface area contributed by atoms with Gasteiger partial charge in [-0.2, -0.15) is 5.10 Å². The summed E-state index contributed by atoms with van der Waals surface area (Å²) in [5.74, 6) is 0.957. The molecule has 1 unspecified atom stereocenters. The molecule has 2 aromatic heterocycles. The predicted octanol–water partition coefficient (Wildman–Crippen LogP) is 3.82. The van der Waals surface area contributed by atoms with E-state index in [1.54, 1.807) is 7.11 Å². The molecule has 2 aliphatic heterocycles. The molecule has 2 aromatic carbocycles. The number of amides is 1. The first-order valence-electron chi connectivity index (χ1n) is 13.8. The van der Waals surface area contributed by atoms with Crippen LogP contribution in [0.15, 0.2) is 61.6 Å². The Morgan fingerprint density at radius 1 is 1.12 bits per heavy atom. The van der Waals surface area contributed by atoms with Crippen molar-refractivity contribution in [2.45, 2.75) is 12.5 Å². The van der Waals surface area contributed by atoms with E-state index in [0.717, 1.165) is 73.7 Å². The molecule has 11 nitrogen and oxygen atoms in total. The number of fused-ring (bicyclic) bond motifs is 1. The van der Waals surface area contributed by atoms with Crippen molar-refractivity contribution in [2.24, 2.45) is 7.05 Å². The summed E-state index contributed by atoms with van der Waals surface area (Å²) < 4.78 is 13.2. The van der Waals surface area contributed by atoms with Crippen molar-refractivity contribution >= 4 is 39.7 Å². The third kappa shape index (κ3) is 5.59. The Bertz CT molecular complexity index is 1570. The topological polar surface area (TPSA) is 110 Å². The largest absolute Gasteiger partial charge is 0.494 e. The number of nitrogens with one attached hydrogen (secondary N) is 2. The Kier molecular flexibility index (Phi) is 7.53. The second-order valence-corrected chi connectivity index (χ2v) is 10.3. The standard InChI is InChI=1S/C30H34N8O3/c1-4-30(39)35-24-14-25(28(40-3)16-27(24)38-10-8-37(9-11-38)22-7-12-41-18-22)34-29-15-23(31-19-32-29)20-5-6-21-17-33-36(2)26(21)13-20/h4-6,13-17,19,22H,1,7-12,18H2,2-3H3,(H,35,39)(H,31,32,34). The van der Waals surface area contributed by atoms with Gasteiger partial charge < -0.3 is 25.0 Å². The van der Waals surface area contributed by atoms with Crippen molar-refractivity contribution in [1.82, 2.24) is 24.6 Å². The van der Waals surface area contributed by atoms with Crippen LogP contribution < -0.4 is 20.3 Å². The Labute approximate surface area is 238 Å². The Morgan fingerprint density at radius 3 is 2.73 bits per heavy atom. The second kappa shape index (κ2) is 11.6. The molecule has 212 valence electrons. The van der Waals surface area contributed by atoms with Crippen molar-refractivity contribution < 1.29 is 14.3 Å². The molecule has 1 amide bonds. The molecule has 4 heterocycles. The third-order valence-corrected chi connectivity index (χ3v) is 7.81. The quantitative estimate of drug-likeness (QED) is 0.314. The molecule has 2 N–H and O–H groups in total. The number of carbonyl (C=O) groups excluding carboxylic acids is 1. The van der Waals surface area contributed by atoms with Gasteiger partial charge in [0.25, 0.3) is 0 Å². The zero-order valence-corrected chi connectivity index (χ0v) is 23.3. The minimum absolute atomic E-state index is 0.279. The van der Waals surface area contributed by atoms with Gasteiger partial charge in [0.1, 0.15) is 17.9 Å². The van der Waals surface area contributed by atoms with E-state index in [-0.39, 0.29) is 5.91 Å². The van der Waals surface area contributed by atoms with Crippen molar-refractivity contribution in [1.29, 1.82) is 0 Å². The monoisotopic (exact) mass is 554 g/mol. The molecule has 0 saturated carbocycles. The molecule has 6 rings (SSSR count). The molecule has 11 heteroatoms. The fraction of sp³-hybridized carbons (Fsp3) is 0.333. The number of nitrogens with zero attached hydrogens (tertiary/aromatic N) is 6. The van der Waals surface area contributed by atoms with Gasteiger partial charge in [0, 0.05) is 69.0 Å². The highest BCUT2D eigenvalue weighted by molar-refractivity contribution is 6.02. The van der Waals surface area contributed by atoms with E-state index < -0.39 is 0 Å². The third-order valence-electron chi connectivity index (χ3n) is 7.81. The highest BCUT2D eigenvalue weighted by Crippen LogP contribution is 2.39. The lowest BCUT2D eigenvalue weighted by molar-refractivity contribution is -0.111. The van der Waals surface area contributed by atoms with E-state index in [2.05, 4.69) is 48.1 Å². The number of anilines is 4.